The van der Waals surface area contributed by atoms with Crippen molar-refractivity contribution in [2.45, 2.75) is 12.7 Å². The molecule has 0 aliphatic heterocycles. The van der Waals surface area contributed by atoms with E-state index in [0.717, 1.165) is 12.1 Å². The maximum absolute atomic E-state index is 12.7. The van der Waals surface area contributed by atoms with Crippen LogP contribution < -0.4 is 5.73 Å². The number of rotatable bonds is 2. The third-order valence-electron chi connectivity index (χ3n) is 3.05. The number of hydrogen-bond donors (Lipinski definition) is 1. The Morgan fingerprint density at radius 2 is 2.00 bits per heavy atom. The standard InChI is InChI=1S/C13H9ClF3N5/c14-10-9-5-19-22(11(9)21-12(18)20-10)6-7-2-1-3-8(4-7)13(15,16)17/h1-5H,6H2,(H2,18,20,21). The van der Waals surface area contributed by atoms with Crippen LogP contribution in [0.5, 0.6) is 0 Å². The second-order valence-electron chi connectivity index (χ2n) is 4.61. The van der Waals surface area contributed by atoms with Crippen LogP contribution >= 0.6 is 11.6 Å². The number of fused-ring (bicyclic) bond motifs is 1. The average molecular weight is 328 g/mol. The molecule has 0 unspecified atom stereocenters. The molecular weight excluding hydrogens is 319 g/mol. The van der Waals surface area contributed by atoms with Crippen molar-refractivity contribution < 1.29 is 13.2 Å². The highest BCUT2D eigenvalue weighted by molar-refractivity contribution is 6.34. The summed E-state index contributed by atoms with van der Waals surface area (Å²) in [6.45, 7) is 0.111. The minimum atomic E-state index is -4.39. The van der Waals surface area contributed by atoms with Crippen molar-refractivity contribution in [2.24, 2.45) is 0 Å². The molecule has 0 bridgehead atoms. The Hall–Kier alpha value is -2.35. The van der Waals surface area contributed by atoms with Gasteiger partial charge in [0.15, 0.2) is 5.65 Å². The first kappa shape index (κ1) is 14.6. The second kappa shape index (κ2) is 5.13. The topological polar surface area (TPSA) is 69.6 Å². The number of halogens is 4. The summed E-state index contributed by atoms with van der Waals surface area (Å²) >= 11 is 5.93. The normalized spacial score (nSPS) is 12.0. The lowest BCUT2D eigenvalue weighted by atomic mass is 10.1. The molecule has 0 atom stereocenters. The summed E-state index contributed by atoms with van der Waals surface area (Å²) < 4.78 is 39.6. The van der Waals surface area contributed by atoms with E-state index in [1.54, 1.807) is 6.07 Å². The Bertz CT molecular complexity index is 843. The molecule has 3 rings (SSSR count). The quantitative estimate of drug-likeness (QED) is 0.734. The molecule has 5 nitrogen and oxygen atoms in total. The van der Waals surface area contributed by atoms with Gasteiger partial charge in [-0.2, -0.15) is 23.3 Å². The van der Waals surface area contributed by atoms with Crippen LogP contribution in [0.25, 0.3) is 11.0 Å². The highest BCUT2D eigenvalue weighted by Gasteiger charge is 2.30. The zero-order chi connectivity index (χ0) is 15.9. The van der Waals surface area contributed by atoms with Crippen molar-refractivity contribution in [2.75, 3.05) is 5.73 Å². The fraction of sp³-hybridized carbons (Fsp3) is 0.154. The van der Waals surface area contributed by atoms with Gasteiger partial charge in [-0.15, -0.1) is 0 Å². The molecule has 0 aliphatic rings. The summed E-state index contributed by atoms with van der Waals surface area (Å²) in [5, 5.41) is 4.72. The van der Waals surface area contributed by atoms with Crippen LogP contribution in [0, 0.1) is 0 Å². The average Bonchev–Trinajstić information content (AvgIpc) is 2.81. The van der Waals surface area contributed by atoms with Gasteiger partial charge in [0.25, 0.3) is 0 Å². The number of aromatic nitrogens is 4. The Balaban J connectivity index is 2.01. The molecule has 0 amide bonds. The number of alkyl halides is 3. The monoisotopic (exact) mass is 327 g/mol. The van der Waals surface area contributed by atoms with Crippen molar-refractivity contribution in [1.29, 1.82) is 0 Å². The van der Waals surface area contributed by atoms with E-state index < -0.39 is 11.7 Å². The first-order valence-corrected chi connectivity index (χ1v) is 6.53. The van der Waals surface area contributed by atoms with Gasteiger partial charge >= 0.3 is 6.18 Å². The van der Waals surface area contributed by atoms with Crippen LogP contribution in [0.15, 0.2) is 30.5 Å². The van der Waals surface area contributed by atoms with Crippen molar-refractivity contribution in [3.63, 3.8) is 0 Å². The maximum Gasteiger partial charge on any atom is 0.416 e. The highest BCUT2D eigenvalue weighted by Crippen LogP contribution is 2.30. The largest absolute Gasteiger partial charge is 0.416 e. The van der Waals surface area contributed by atoms with E-state index in [4.69, 9.17) is 17.3 Å². The highest BCUT2D eigenvalue weighted by atomic mass is 35.5. The third-order valence-corrected chi connectivity index (χ3v) is 3.34. The molecule has 1 aromatic carbocycles. The number of benzene rings is 1. The van der Waals surface area contributed by atoms with Crippen LogP contribution in [0.3, 0.4) is 0 Å². The predicted octanol–water partition coefficient (Wildman–Crippen LogP) is 3.13. The van der Waals surface area contributed by atoms with E-state index in [0.29, 0.717) is 16.6 Å². The minimum Gasteiger partial charge on any atom is -0.368 e. The van der Waals surface area contributed by atoms with Crippen molar-refractivity contribution in [1.82, 2.24) is 19.7 Å². The summed E-state index contributed by atoms with van der Waals surface area (Å²) in [4.78, 5) is 7.82. The lowest BCUT2D eigenvalue weighted by molar-refractivity contribution is -0.137. The summed E-state index contributed by atoms with van der Waals surface area (Å²) in [5.41, 5.74) is 5.62. The van der Waals surface area contributed by atoms with E-state index in [-0.39, 0.29) is 17.6 Å². The minimum absolute atomic E-state index is 0.0247. The first-order chi connectivity index (χ1) is 10.3. The summed E-state index contributed by atoms with van der Waals surface area (Å²) in [5.74, 6) is -0.0247. The van der Waals surface area contributed by atoms with Gasteiger partial charge < -0.3 is 5.73 Å². The molecule has 3 aromatic rings. The van der Waals surface area contributed by atoms with Crippen molar-refractivity contribution in [3.05, 3.63) is 46.7 Å². The van der Waals surface area contributed by atoms with Crippen LogP contribution in [0.2, 0.25) is 5.15 Å². The van der Waals surface area contributed by atoms with Gasteiger partial charge in [-0.3, -0.25) is 0 Å². The van der Waals surface area contributed by atoms with Gasteiger partial charge in [-0.1, -0.05) is 23.7 Å². The smallest absolute Gasteiger partial charge is 0.368 e. The first-order valence-electron chi connectivity index (χ1n) is 6.15. The molecule has 0 radical (unpaired) electrons. The molecule has 0 saturated carbocycles. The van der Waals surface area contributed by atoms with E-state index in [9.17, 15) is 13.2 Å². The third kappa shape index (κ3) is 2.69. The number of nitrogen functional groups attached to an aromatic ring is 1. The Labute approximate surface area is 127 Å². The molecule has 0 saturated heterocycles. The molecule has 114 valence electrons. The lowest BCUT2D eigenvalue weighted by Gasteiger charge is -2.09. The second-order valence-corrected chi connectivity index (χ2v) is 4.97. The molecular formula is C13H9ClF3N5. The van der Waals surface area contributed by atoms with Crippen LogP contribution in [-0.2, 0) is 12.7 Å². The van der Waals surface area contributed by atoms with E-state index >= 15 is 0 Å². The number of anilines is 1. The molecule has 2 N–H and O–H groups in total. The number of nitrogens with two attached hydrogens (primary N) is 1. The molecule has 0 spiro atoms. The van der Waals surface area contributed by atoms with Crippen LogP contribution in [0.1, 0.15) is 11.1 Å². The fourth-order valence-electron chi connectivity index (χ4n) is 2.07. The fourth-order valence-corrected chi connectivity index (χ4v) is 2.29. The number of nitrogens with zero attached hydrogens (tertiary/aromatic N) is 4. The maximum atomic E-state index is 12.7. The van der Waals surface area contributed by atoms with Gasteiger partial charge in [0, 0.05) is 0 Å². The van der Waals surface area contributed by atoms with Gasteiger partial charge in [0.05, 0.1) is 23.7 Å². The Kier molecular flexibility index (Phi) is 3.40. The van der Waals surface area contributed by atoms with Crippen molar-refractivity contribution >= 4 is 28.6 Å². The lowest BCUT2D eigenvalue weighted by Crippen LogP contribution is -2.08. The molecule has 2 heterocycles. The Morgan fingerprint density at radius 3 is 2.73 bits per heavy atom. The van der Waals surface area contributed by atoms with E-state index in [1.165, 1.54) is 16.9 Å². The predicted molar refractivity (Wildman–Crippen MR) is 75.3 cm³/mol. The van der Waals surface area contributed by atoms with Crippen LogP contribution in [0.4, 0.5) is 19.1 Å². The molecule has 0 aliphatic carbocycles. The summed E-state index contributed by atoms with van der Waals surface area (Å²) in [6, 6.07) is 5.01. The zero-order valence-corrected chi connectivity index (χ0v) is 11.7. The van der Waals surface area contributed by atoms with Crippen molar-refractivity contribution in [3.8, 4) is 0 Å². The van der Waals surface area contributed by atoms with Gasteiger partial charge in [-0.25, -0.2) is 9.67 Å². The zero-order valence-electron chi connectivity index (χ0n) is 11.0. The Morgan fingerprint density at radius 1 is 1.23 bits per heavy atom. The molecule has 22 heavy (non-hydrogen) atoms. The SMILES string of the molecule is Nc1nc(Cl)c2cnn(Cc3cccc(C(F)(F)F)c3)c2n1. The summed E-state index contributed by atoms with van der Waals surface area (Å²) in [7, 11) is 0. The van der Waals surface area contributed by atoms with E-state index in [1.807, 2.05) is 0 Å². The van der Waals surface area contributed by atoms with E-state index in [2.05, 4.69) is 15.1 Å². The van der Waals surface area contributed by atoms with Gasteiger partial charge in [0.2, 0.25) is 5.95 Å². The van der Waals surface area contributed by atoms with Crippen LogP contribution in [-0.4, -0.2) is 19.7 Å². The van der Waals surface area contributed by atoms with Gasteiger partial charge in [-0.05, 0) is 17.7 Å². The number of hydrogen-bond acceptors (Lipinski definition) is 4. The summed E-state index contributed by atoms with van der Waals surface area (Å²) in [6.07, 6.45) is -2.94. The molecule has 9 heteroatoms. The molecule has 0 fully saturated rings. The molecule has 2 aromatic heterocycles. The van der Waals surface area contributed by atoms with Gasteiger partial charge in [0.1, 0.15) is 5.15 Å².